The Labute approximate surface area is 138 Å². The zero-order valence-electron chi connectivity index (χ0n) is 12.1. The van der Waals surface area contributed by atoms with Gasteiger partial charge in [-0.3, -0.25) is 0 Å². The van der Waals surface area contributed by atoms with Gasteiger partial charge in [0.1, 0.15) is 5.82 Å². The van der Waals surface area contributed by atoms with Crippen molar-refractivity contribution in [3.05, 3.63) is 72.0 Å². The summed E-state index contributed by atoms with van der Waals surface area (Å²) in [6.45, 7) is 0. The number of rotatable bonds is 3. The van der Waals surface area contributed by atoms with Gasteiger partial charge in [-0.25, -0.2) is 9.97 Å². The lowest BCUT2D eigenvalue weighted by atomic mass is 10.0. The molecule has 4 rings (SSSR count). The molecule has 2 N–H and O–H groups in total. The van der Waals surface area contributed by atoms with Crippen molar-refractivity contribution in [2.24, 2.45) is 0 Å². The zero-order valence-corrected chi connectivity index (χ0v) is 12.9. The molecule has 2 aliphatic heterocycles. The summed E-state index contributed by atoms with van der Waals surface area (Å²) in [6.07, 6.45) is 3.70. The molecule has 2 aromatic rings. The summed E-state index contributed by atoms with van der Waals surface area (Å²) in [5.41, 5.74) is 4.11. The van der Waals surface area contributed by atoms with E-state index in [1.54, 1.807) is 0 Å². The van der Waals surface area contributed by atoms with E-state index in [9.17, 15) is 0 Å². The first kappa shape index (κ1) is 13.8. The molecular weight excluding hydrogens is 308 g/mol. The minimum absolute atomic E-state index is 0.637. The Hall–Kier alpha value is -2.85. The Morgan fingerprint density at radius 2 is 1.57 bits per heavy atom. The number of anilines is 2. The van der Waals surface area contributed by atoms with Crippen LogP contribution in [0.5, 0.6) is 0 Å². The van der Waals surface area contributed by atoms with Gasteiger partial charge in [-0.2, -0.15) is 0 Å². The molecule has 0 saturated carbocycles. The van der Waals surface area contributed by atoms with Crippen LogP contribution in [0.25, 0.3) is 22.5 Å². The fourth-order valence-electron chi connectivity index (χ4n) is 2.48. The van der Waals surface area contributed by atoms with Crippen molar-refractivity contribution in [1.82, 2.24) is 15.0 Å². The number of hydrogen-bond donors (Lipinski definition) is 2. The number of fused-ring (bicyclic) bond motifs is 1. The molecular formula is C18H13ClN4. The van der Waals surface area contributed by atoms with E-state index in [2.05, 4.69) is 32.4 Å². The molecule has 5 heteroatoms. The number of aromatic nitrogens is 3. The highest BCUT2D eigenvalue weighted by Crippen LogP contribution is 2.32. The summed E-state index contributed by atoms with van der Waals surface area (Å²) in [7, 11) is 0. The molecule has 0 bridgehead atoms. The molecule has 2 heterocycles. The lowest BCUT2D eigenvalue weighted by Crippen LogP contribution is -1.98. The molecule has 0 amide bonds. The minimum Gasteiger partial charge on any atom is -0.326 e. The highest BCUT2D eigenvalue weighted by molar-refractivity contribution is 6.30. The standard InChI is InChI=1S/C18H13ClN4/c19-13-6-8-14(9-7-13)22-18-21-11-16-15(10-20-17(16)23-18)12-4-2-1-3-5-12/h1-11H,(H2,20,21,22,23). The lowest BCUT2D eigenvalue weighted by molar-refractivity contribution is 1.13. The Morgan fingerprint density at radius 1 is 0.826 bits per heavy atom. The van der Waals surface area contributed by atoms with Gasteiger partial charge in [-0.15, -0.1) is 0 Å². The topological polar surface area (TPSA) is 53.6 Å². The average molecular weight is 321 g/mol. The quantitative estimate of drug-likeness (QED) is 0.560. The fourth-order valence-corrected chi connectivity index (χ4v) is 2.61. The van der Waals surface area contributed by atoms with Gasteiger partial charge in [0.25, 0.3) is 0 Å². The minimum atomic E-state index is 0.637. The molecule has 0 fully saturated rings. The Kier molecular flexibility index (Phi) is 3.44. The molecule has 23 heavy (non-hydrogen) atoms. The second-order valence-electron chi connectivity index (χ2n) is 5.16. The van der Waals surface area contributed by atoms with Crippen LogP contribution in [-0.2, 0) is 0 Å². The first-order valence-corrected chi connectivity index (χ1v) is 7.59. The number of benzene rings is 2. The van der Waals surface area contributed by atoms with Crippen molar-refractivity contribution in [2.45, 2.75) is 0 Å². The summed E-state index contributed by atoms with van der Waals surface area (Å²) >= 11 is 5.89. The van der Waals surface area contributed by atoms with Gasteiger partial charge >= 0.3 is 0 Å². The van der Waals surface area contributed by atoms with E-state index in [1.807, 2.05) is 54.9 Å². The monoisotopic (exact) mass is 320 g/mol. The Morgan fingerprint density at radius 3 is 2.35 bits per heavy atom. The SMILES string of the molecule is Clc1ccc(Nc2ncc3c(-c4ccccc4)cnc-3[nH]2)cc1. The molecule has 0 aliphatic carbocycles. The Bertz CT molecular complexity index is 900. The van der Waals surface area contributed by atoms with Crippen molar-refractivity contribution in [3.8, 4) is 22.5 Å². The van der Waals surface area contributed by atoms with Gasteiger partial charge in [0.05, 0.1) is 0 Å². The van der Waals surface area contributed by atoms with Gasteiger partial charge in [-0.05, 0) is 29.8 Å². The van der Waals surface area contributed by atoms with Gasteiger partial charge in [0, 0.05) is 34.2 Å². The first-order valence-electron chi connectivity index (χ1n) is 7.21. The van der Waals surface area contributed by atoms with Crippen LogP contribution in [0, 0.1) is 0 Å². The molecule has 0 saturated heterocycles. The van der Waals surface area contributed by atoms with Crippen LogP contribution in [0.2, 0.25) is 5.02 Å². The highest BCUT2D eigenvalue weighted by atomic mass is 35.5. The maximum Gasteiger partial charge on any atom is 0.206 e. The van der Waals surface area contributed by atoms with E-state index in [0.29, 0.717) is 11.0 Å². The van der Waals surface area contributed by atoms with E-state index in [1.165, 1.54) is 0 Å². The fraction of sp³-hybridized carbons (Fsp3) is 0. The maximum absolute atomic E-state index is 5.89. The number of H-pyrrole nitrogens is 1. The first-order chi connectivity index (χ1) is 11.3. The van der Waals surface area contributed by atoms with E-state index >= 15 is 0 Å². The maximum atomic E-state index is 5.89. The number of nitrogens with one attached hydrogen (secondary N) is 2. The van der Waals surface area contributed by atoms with E-state index in [4.69, 9.17) is 11.6 Å². The third kappa shape index (κ3) is 2.76. The summed E-state index contributed by atoms with van der Waals surface area (Å²) in [6, 6.07) is 17.6. The van der Waals surface area contributed by atoms with Crippen LogP contribution in [0.3, 0.4) is 0 Å². The molecule has 112 valence electrons. The van der Waals surface area contributed by atoms with Crippen LogP contribution in [0.15, 0.2) is 67.0 Å². The molecule has 0 aromatic heterocycles. The van der Waals surface area contributed by atoms with Crippen LogP contribution in [-0.4, -0.2) is 15.0 Å². The summed E-state index contributed by atoms with van der Waals surface area (Å²) in [4.78, 5) is 12.1. The van der Waals surface area contributed by atoms with E-state index < -0.39 is 0 Å². The summed E-state index contributed by atoms with van der Waals surface area (Å²) in [5, 5.41) is 3.91. The second kappa shape index (κ2) is 5.74. The summed E-state index contributed by atoms with van der Waals surface area (Å²) in [5.74, 6) is 1.44. The second-order valence-corrected chi connectivity index (χ2v) is 5.60. The van der Waals surface area contributed by atoms with Gasteiger partial charge < -0.3 is 10.3 Å². The van der Waals surface area contributed by atoms with Crippen molar-refractivity contribution in [2.75, 3.05) is 5.32 Å². The van der Waals surface area contributed by atoms with E-state index in [0.717, 1.165) is 28.2 Å². The smallest absolute Gasteiger partial charge is 0.206 e. The predicted octanol–water partition coefficient (Wildman–Crippen LogP) is 4.97. The van der Waals surface area contributed by atoms with E-state index in [-0.39, 0.29) is 0 Å². The molecule has 0 spiro atoms. The Balaban J connectivity index is 1.67. The van der Waals surface area contributed by atoms with Gasteiger partial charge in [0.2, 0.25) is 5.95 Å². The van der Waals surface area contributed by atoms with Crippen LogP contribution >= 0.6 is 11.6 Å². The predicted molar refractivity (Wildman–Crippen MR) is 93.2 cm³/mol. The lowest BCUT2D eigenvalue weighted by Gasteiger charge is -2.08. The van der Waals surface area contributed by atoms with Crippen LogP contribution < -0.4 is 5.32 Å². The highest BCUT2D eigenvalue weighted by Gasteiger charge is 2.14. The summed E-state index contributed by atoms with van der Waals surface area (Å²) < 4.78 is 0. The van der Waals surface area contributed by atoms with Gasteiger partial charge in [-0.1, -0.05) is 41.9 Å². The third-order valence-electron chi connectivity index (χ3n) is 3.62. The van der Waals surface area contributed by atoms with Crippen molar-refractivity contribution < 1.29 is 0 Å². The van der Waals surface area contributed by atoms with Crippen molar-refractivity contribution >= 4 is 23.2 Å². The average Bonchev–Trinajstić information content (AvgIpc) is 3.01. The number of aromatic amines is 1. The zero-order chi connectivity index (χ0) is 15.6. The molecule has 0 unspecified atom stereocenters. The van der Waals surface area contributed by atoms with Crippen molar-refractivity contribution in [3.63, 3.8) is 0 Å². The largest absolute Gasteiger partial charge is 0.326 e. The third-order valence-corrected chi connectivity index (χ3v) is 3.87. The molecule has 4 nitrogen and oxygen atoms in total. The van der Waals surface area contributed by atoms with Gasteiger partial charge in [0.15, 0.2) is 0 Å². The molecule has 0 atom stereocenters. The van der Waals surface area contributed by atoms with Crippen LogP contribution in [0.4, 0.5) is 11.6 Å². The van der Waals surface area contributed by atoms with Crippen LogP contribution in [0.1, 0.15) is 0 Å². The molecule has 0 radical (unpaired) electrons. The number of halogens is 1. The number of nitrogens with zero attached hydrogens (tertiary/aromatic N) is 2. The van der Waals surface area contributed by atoms with Crippen molar-refractivity contribution in [1.29, 1.82) is 0 Å². The molecule has 2 aliphatic rings. The molecule has 2 aromatic carbocycles. The number of hydrogen-bond acceptors (Lipinski definition) is 3. The normalized spacial score (nSPS) is 10.8.